The molecule has 33 heavy (non-hydrogen) atoms. The SMILES string of the molecule is CN(C(=O)c1cccc(C(=O)OCCCn2nnc(-c3ccccc3)n2)c1)c1ccccc1. The van der Waals surface area contributed by atoms with Crippen molar-refractivity contribution in [2.75, 3.05) is 18.6 Å². The monoisotopic (exact) mass is 441 g/mol. The van der Waals surface area contributed by atoms with Crippen molar-refractivity contribution in [1.29, 1.82) is 0 Å². The highest BCUT2D eigenvalue weighted by molar-refractivity contribution is 6.06. The molecular weight excluding hydrogens is 418 g/mol. The predicted molar refractivity (Wildman–Crippen MR) is 124 cm³/mol. The van der Waals surface area contributed by atoms with Crippen LogP contribution in [0.25, 0.3) is 11.4 Å². The van der Waals surface area contributed by atoms with Crippen LogP contribution in [-0.2, 0) is 11.3 Å². The van der Waals surface area contributed by atoms with Gasteiger partial charge in [-0.05, 0) is 35.5 Å². The summed E-state index contributed by atoms with van der Waals surface area (Å²) in [6.07, 6.45) is 0.533. The largest absolute Gasteiger partial charge is 0.462 e. The van der Waals surface area contributed by atoms with Crippen molar-refractivity contribution in [3.05, 3.63) is 96.1 Å². The number of ether oxygens (including phenoxy) is 1. The highest BCUT2D eigenvalue weighted by Gasteiger charge is 2.16. The van der Waals surface area contributed by atoms with Gasteiger partial charge in [0.15, 0.2) is 0 Å². The first-order chi connectivity index (χ1) is 16.1. The van der Waals surface area contributed by atoms with E-state index in [4.69, 9.17) is 4.74 Å². The van der Waals surface area contributed by atoms with Crippen LogP contribution in [0.4, 0.5) is 5.69 Å². The minimum Gasteiger partial charge on any atom is -0.462 e. The summed E-state index contributed by atoms with van der Waals surface area (Å²) >= 11 is 0. The lowest BCUT2D eigenvalue weighted by molar-refractivity contribution is 0.0493. The Kier molecular flexibility index (Phi) is 6.84. The van der Waals surface area contributed by atoms with Crippen molar-refractivity contribution < 1.29 is 14.3 Å². The normalized spacial score (nSPS) is 10.6. The quantitative estimate of drug-likeness (QED) is 0.305. The van der Waals surface area contributed by atoms with Crippen molar-refractivity contribution in [3.63, 3.8) is 0 Å². The molecule has 0 unspecified atom stereocenters. The van der Waals surface area contributed by atoms with Gasteiger partial charge >= 0.3 is 5.97 Å². The fraction of sp³-hybridized carbons (Fsp3) is 0.160. The van der Waals surface area contributed by atoms with E-state index in [0.29, 0.717) is 29.9 Å². The van der Waals surface area contributed by atoms with Gasteiger partial charge in [-0.25, -0.2) is 4.79 Å². The van der Waals surface area contributed by atoms with Crippen molar-refractivity contribution in [3.8, 4) is 11.4 Å². The number of benzene rings is 3. The molecule has 0 aliphatic rings. The van der Waals surface area contributed by atoms with E-state index in [1.165, 1.54) is 4.80 Å². The van der Waals surface area contributed by atoms with Crippen LogP contribution in [0.3, 0.4) is 0 Å². The van der Waals surface area contributed by atoms with Crippen LogP contribution in [0.5, 0.6) is 0 Å². The molecule has 0 atom stereocenters. The Morgan fingerprint density at radius 1 is 0.909 bits per heavy atom. The second-order valence-corrected chi connectivity index (χ2v) is 7.34. The van der Waals surface area contributed by atoms with Crippen LogP contribution in [0, 0.1) is 0 Å². The smallest absolute Gasteiger partial charge is 0.338 e. The number of carbonyl (C=O) groups excluding carboxylic acids is 2. The Bertz CT molecular complexity index is 1230. The number of anilines is 1. The van der Waals surface area contributed by atoms with Crippen LogP contribution < -0.4 is 4.90 Å². The van der Waals surface area contributed by atoms with E-state index in [0.717, 1.165) is 11.3 Å². The molecule has 1 aromatic heterocycles. The van der Waals surface area contributed by atoms with Gasteiger partial charge in [0.1, 0.15) is 0 Å². The van der Waals surface area contributed by atoms with E-state index in [2.05, 4.69) is 15.4 Å². The van der Waals surface area contributed by atoms with Crippen molar-refractivity contribution in [2.45, 2.75) is 13.0 Å². The lowest BCUT2D eigenvalue weighted by atomic mass is 10.1. The first kappa shape index (κ1) is 21.9. The molecular formula is C25H23N5O3. The summed E-state index contributed by atoms with van der Waals surface area (Å²) in [6.45, 7) is 0.663. The van der Waals surface area contributed by atoms with Crippen LogP contribution in [0.2, 0.25) is 0 Å². The summed E-state index contributed by atoms with van der Waals surface area (Å²) in [5.41, 5.74) is 2.40. The maximum absolute atomic E-state index is 12.8. The fourth-order valence-corrected chi connectivity index (χ4v) is 3.24. The van der Waals surface area contributed by atoms with E-state index in [9.17, 15) is 9.59 Å². The van der Waals surface area contributed by atoms with Gasteiger partial charge in [0.05, 0.1) is 18.7 Å². The molecule has 0 spiro atoms. The Balaban J connectivity index is 1.29. The Labute approximate surface area is 191 Å². The van der Waals surface area contributed by atoms with E-state index in [1.54, 1.807) is 36.2 Å². The zero-order valence-corrected chi connectivity index (χ0v) is 18.2. The molecule has 3 aromatic carbocycles. The molecule has 1 amide bonds. The lowest BCUT2D eigenvalue weighted by Gasteiger charge is -2.17. The van der Waals surface area contributed by atoms with Gasteiger partial charge in [-0.2, -0.15) is 4.80 Å². The molecule has 0 N–H and O–H groups in total. The summed E-state index contributed by atoms with van der Waals surface area (Å²) in [5, 5.41) is 12.4. The molecule has 1 heterocycles. The van der Waals surface area contributed by atoms with E-state index >= 15 is 0 Å². The number of amides is 1. The second-order valence-electron chi connectivity index (χ2n) is 7.34. The highest BCUT2D eigenvalue weighted by atomic mass is 16.5. The number of nitrogens with zero attached hydrogens (tertiary/aromatic N) is 5. The first-order valence-corrected chi connectivity index (χ1v) is 10.6. The number of esters is 1. The average molecular weight is 441 g/mol. The molecule has 0 fully saturated rings. The van der Waals surface area contributed by atoms with E-state index in [-0.39, 0.29) is 12.5 Å². The van der Waals surface area contributed by atoms with Crippen LogP contribution in [-0.4, -0.2) is 45.7 Å². The van der Waals surface area contributed by atoms with Crippen LogP contribution in [0.15, 0.2) is 84.9 Å². The van der Waals surface area contributed by atoms with Gasteiger partial charge in [0, 0.05) is 30.3 Å². The Hall–Kier alpha value is -4.33. The zero-order chi connectivity index (χ0) is 23.0. The number of tetrazole rings is 1. The highest BCUT2D eigenvalue weighted by Crippen LogP contribution is 2.16. The maximum Gasteiger partial charge on any atom is 0.338 e. The maximum atomic E-state index is 12.8. The Morgan fingerprint density at radius 2 is 1.61 bits per heavy atom. The first-order valence-electron chi connectivity index (χ1n) is 10.6. The number of hydrogen-bond acceptors (Lipinski definition) is 6. The zero-order valence-electron chi connectivity index (χ0n) is 18.2. The van der Waals surface area contributed by atoms with E-state index in [1.807, 2.05) is 60.7 Å². The average Bonchev–Trinajstić information content (AvgIpc) is 3.36. The summed E-state index contributed by atoms with van der Waals surface area (Å²) < 4.78 is 5.37. The summed E-state index contributed by atoms with van der Waals surface area (Å²) in [4.78, 5) is 28.3. The molecule has 166 valence electrons. The molecule has 0 aliphatic heterocycles. The number of rotatable bonds is 8. The molecule has 0 saturated heterocycles. The third-order valence-corrected chi connectivity index (χ3v) is 5.01. The molecule has 0 bridgehead atoms. The third-order valence-electron chi connectivity index (χ3n) is 5.01. The molecule has 4 aromatic rings. The van der Waals surface area contributed by atoms with Gasteiger partial charge < -0.3 is 9.64 Å². The van der Waals surface area contributed by atoms with Gasteiger partial charge in [-0.1, -0.05) is 54.6 Å². The molecule has 8 nitrogen and oxygen atoms in total. The van der Waals surface area contributed by atoms with Gasteiger partial charge in [0.2, 0.25) is 5.82 Å². The van der Waals surface area contributed by atoms with Gasteiger partial charge in [-0.3, -0.25) is 4.79 Å². The molecule has 0 radical (unpaired) electrons. The van der Waals surface area contributed by atoms with E-state index < -0.39 is 5.97 Å². The standard InChI is InChI=1S/C25H23N5O3/c1-29(22-14-6-3-7-15-22)24(31)20-12-8-13-21(18-20)25(32)33-17-9-16-30-27-23(26-28-30)19-10-4-2-5-11-19/h2-8,10-15,18H,9,16-17H2,1H3. The van der Waals surface area contributed by atoms with Gasteiger partial charge in [-0.15, -0.1) is 10.2 Å². The number of carbonyl (C=O) groups is 2. The topological polar surface area (TPSA) is 90.2 Å². The molecule has 8 heteroatoms. The number of aryl methyl sites for hydroxylation is 1. The molecule has 0 saturated carbocycles. The molecule has 4 rings (SSSR count). The molecule has 0 aliphatic carbocycles. The number of aromatic nitrogens is 4. The van der Waals surface area contributed by atoms with Gasteiger partial charge in [0.25, 0.3) is 5.91 Å². The van der Waals surface area contributed by atoms with Crippen LogP contribution >= 0.6 is 0 Å². The van der Waals surface area contributed by atoms with Crippen LogP contribution in [0.1, 0.15) is 27.1 Å². The second kappa shape index (κ2) is 10.3. The number of hydrogen-bond donors (Lipinski definition) is 0. The minimum atomic E-state index is -0.483. The fourth-order valence-electron chi connectivity index (χ4n) is 3.24. The van der Waals surface area contributed by atoms with Crippen molar-refractivity contribution >= 4 is 17.6 Å². The van der Waals surface area contributed by atoms with Crippen molar-refractivity contribution in [1.82, 2.24) is 20.2 Å². The summed E-state index contributed by atoms with van der Waals surface area (Å²) in [6, 6.07) is 25.4. The number of para-hydroxylation sites is 1. The minimum absolute atomic E-state index is 0.198. The Morgan fingerprint density at radius 3 is 2.36 bits per heavy atom. The van der Waals surface area contributed by atoms with Crippen molar-refractivity contribution in [2.24, 2.45) is 0 Å². The third kappa shape index (κ3) is 5.48. The lowest BCUT2D eigenvalue weighted by Crippen LogP contribution is -2.26. The predicted octanol–water partition coefficient (Wildman–Crippen LogP) is 3.86. The summed E-state index contributed by atoms with van der Waals surface area (Å²) in [5.74, 6) is -0.139. The summed E-state index contributed by atoms with van der Waals surface area (Å²) in [7, 11) is 1.70.